The Balaban J connectivity index is 1.56. The number of benzene rings is 1. The molecule has 2 aliphatic carbocycles. The van der Waals surface area contributed by atoms with Crippen molar-refractivity contribution >= 4 is 27.3 Å². The number of amides is 1. The standard InChI is InChI=1S/C22H25N3O4S/c1-14-2-11-21(25-24-14)23-22(27)20(13-15-3-6-17(26)12-15)16-4-7-18(8-5-16)30(28,29)19-9-10-19/h2,4-5,7-8,11,15,19-20H,3,6,9-10,12-13H2,1H3,(H,23,25,27)/t15-,20-/m0/s1. The Hall–Kier alpha value is -2.61. The molecule has 158 valence electrons. The molecule has 0 saturated heterocycles. The van der Waals surface area contributed by atoms with Gasteiger partial charge in [-0.25, -0.2) is 8.42 Å². The molecule has 0 unspecified atom stereocenters. The monoisotopic (exact) mass is 427 g/mol. The number of nitrogens with zero attached hydrogens (tertiary/aromatic N) is 2. The molecule has 0 aliphatic heterocycles. The molecule has 8 heteroatoms. The van der Waals surface area contributed by atoms with Gasteiger partial charge < -0.3 is 5.32 Å². The number of sulfone groups is 1. The van der Waals surface area contributed by atoms with Gasteiger partial charge in [-0.3, -0.25) is 9.59 Å². The number of hydrogen-bond acceptors (Lipinski definition) is 6. The van der Waals surface area contributed by atoms with Crippen LogP contribution in [0.2, 0.25) is 0 Å². The van der Waals surface area contributed by atoms with Gasteiger partial charge in [-0.05, 0) is 68.4 Å². The van der Waals surface area contributed by atoms with Crippen LogP contribution in [0.4, 0.5) is 5.82 Å². The average Bonchev–Trinajstić information content (AvgIpc) is 3.51. The molecule has 1 aromatic carbocycles. The number of aryl methyl sites for hydroxylation is 1. The van der Waals surface area contributed by atoms with Crippen LogP contribution in [-0.4, -0.2) is 35.6 Å². The zero-order valence-electron chi connectivity index (χ0n) is 16.9. The molecule has 1 N–H and O–H groups in total. The van der Waals surface area contributed by atoms with E-state index in [1.54, 1.807) is 36.4 Å². The topological polar surface area (TPSA) is 106 Å². The van der Waals surface area contributed by atoms with Gasteiger partial charge in [-0.15, -0.1) is 5.10 Å². The molecule has 2 saturated carbocycles. The fourth-order valence-electron chi connectivity index (χ4n) is 3.96. The second kappa shape index (κ2) is 8.26. The molecule has 2 aromatic rings. The highest BCUT2D eigenvalue weighted by Gasteiger charge is 2.37. The number of rotatable bonds is 7. The third-order valence-electron chi connectivity index (χ3n) is 5.86. The Morgan fingerprint density at radius 2 is 1.83 bits per heavy atom. The van der Waals surface area contributed by atoms with E-state index in [0.29, 0.717) is 42.8 Å². The fourth-order valence-corrected chi connectivity index (χ4v) is 5.62. The Bertz CT molecular complexity index is 1040. The van der Waals surface area contributed by atoms with Crippen molar-refractivity contribution in [2.24, 2.45) is 5.92 Å². The Labute approximate surface area is 176 Å². The molecule has 2 aliphatic rings. The Kier molecular flexibility index (Phi) is 5.69. The van der Waals surface area contributed by atoms with E-state index in [2.05, 4.69) is 15.5 Å². The minimum Gasteiger partial charge on any atom is -0.309 e. The van der Waals surface area contributed by atoms with Gasteiger partial charge in [-0.1, -0.05) is 12.1 Å². The van der Waals surface area contributed by atoms with Crippen LogP contribution < -0.4 is 5.32 Å². The van der Waals surface area contributed by atoms with Crippen LogP contribution in [0.15, 0.2) is 41.3 Å². The maximum atomic E-state index is 13.1. The van der Waals surface area contributed by atoms with E-state index in [1.165, 1.54) is 0 Å². The summed E-state index contributed by atoms with van der Waals surface area (Å²) in [7, 11) is -3.27. The van der Waals surface area contributed by atoms with Gasteiger partial charge in [0.05, 0.1) is 21.8 Å². The SMILES string of the molecule is Cc1ccc(NC(=O)[C@@H](C[C@H]2CCC(=O)C2)c2ccc(S(=O)(=O)C3CC3)cc2)nn1. The highest BCUT2D eigenvalue weighted by molar-refractivity contribution is 7.92. The van der Waals surface area contributed by atoms with E-state index in [9.17, 15) is 18.0 Å². The smallest absolute Gasteiger partial charge is 0.233 e. The van der Waals surface area contributed by atoms with Crippen molar-refractivity contribution in [3.05, 3.63) is 47.7 Å². The third kappa shape index (κ3) is 4.59. The predicted molar refractivity (Wildman–Crippen MR) is 112 cm³/mol. The number of carbonyl (C=O) groups excluding carboxylic acids is 2. The predicted octanol–water partition coefficient (Wildman–Crippen LogP) is 3.20. The molecule has 4 rings (SSSR count). The first-order valence-corrected chi connectivity index (χ1v) is 11.8. The van der Waals surface area contributed by atoms with Crippen molar-refractivity contribution in [1.82, 2.24) is 10.2 Å². The summed E-state index contributed by atoms with van der Waals surface area (Å²) in [5.74, 6) is 0.0136. The Morgan fingerprint density at radius 3 is 2.40 bits per heavy atom. The van der Waals surface area contributed by atoms with E-state index in [1.807, 2.05) is 6.92 Å². The summed E-state index contributed by atoms with van der Waals surface area (Å²) in [5.41, 5.74) is 1.49. The van der Waals surface area contributed by atoms with Crippen LogP contribution in [0.1, 0.15) is 55.7 Å². The lowest BCUT2D eigenvalue weighted by Crippen LogP contribution is -2.24. The molecule has 1 amide bonds. The number of nitrogens with one attached hydrogen (secondary N) is 1. The molecular weight excluding hydrogens is 402 g/mol. The number of ketones is 1. The van der Waals surface area contributed by atoms with Crippen LogP contribution >= 0.6 is 0 Å². The summed E-state index contributed by atoms with van der Waals surface area (Å²) in [4.78, 5) is 25.1. The second-order valence-corrected chi connectivity index (χ2v) is 10.5. The summed E-state index contributed by atoms with van der Waals surface area (Å²) >= 11 is 0. The molecule has 0 spiro atoms. The molecule has 0 radical (unpaired) electrons. The largest absolute Gasteiger partial charge is 0.309 e. The minimum absolute atomic E-state index is 0.146. The van der Waals surface area contributed by atoms with E-state index < -0.39 is 15.8 Å². The molecule has 2 fully saturated rings. The number of Topliss-reactive ketones (excluding diaryl/α,β-unsaturated/α-hetero) is 1. The van der Waals surface area contributed by atoms with Crippen LogP contribution in [0, 0.1) is 12.8 Å². The lowest BCUT2D eigenvalue weighted by Gasteiger charge is -2.20. The van der Waals surface area contributed by atoms with Gasteiger partial charge in [-0.2, -0.15) is 5.10 Å². The van der Waals surface area contributed by atoms with E-state index in [0.717, 1.165) is 17.7 Å². The molecule has 1 aromatic heterocycles. The van der Waals surface area contributed by atoms with Crippen molar-refractivity contribution < 1.29 is 18.0 Å². The van der Waals surface area contributed by atoms with Crippen molar-refractivity contribution in [3.8, 4) is 0 Å². The lowest BCUT2D eigenvalue weighted by molar-refractivity contribution is -0.119. The first-order valence-electron chi connectivity index (χ1n) is 10.3. The van der Waals surface area contributed by atoms with Crippen LogP contribution in [0.3, 0.4) is 0 Å². The zero-order chi connectivity index (χ0) is 21.3. The highest BCUT2D eigenvalue weighted by atomic mass is 32.2. The number of anilines is 1. The van der Waals surface area contributed by atoms with E-state index >= 15 is 0 Å². The Morgan fingerprint density at radius 1 is 1.10 bits per heavy atom. The number of aromatic nitrogens is 2. The molecule has 2 atom stereocenters. The number of carbonyl (C=O) groups is 2. The van der Waals surface area contributed by atoms with Crippen LogP contribution in [0.25, 0.3) is 0 Å². The third-order valence-corrected chi connectivity index (χ3v) is 8.13. The molecule has 7 nitrogen and oxygen atoms in total. The fraction of sp³-hybridized carbons (Fsp3) is 0.455. The minimum atomic E-state index is -3.27. The maximum Gasteiger partial charge on any atom is 0.233 e. The molecular formula is C22H25N3O4S. The molecule has 30 heavy (non-hydrogen) atoms. The summed E-state index contributed by atoms with van der Waals surface area (Å²) < 4.78 is 24.9. The van der Waals surface area contributed by atoms with Crippen molar-refractivity contribution in [2.75, 3.05) is 5.32 Å². The summed E-state index contributed by atoms with van der Waals surface area (Å²) in [6.45, 7) is 1.82. The quantitative estimate of drug-likeness (QED) is 0.727. The zero-order valence-corrected chi connectivity index (χ0v) is 17.7. The van der Waals surface area contributed by atoms with Gasteiger partial charge >= 0.3 is 0 Å². The van der Waals surface area contributed by atoms with E-state index in [-0.39, 0.29) is 22.9 Å². The summed E-state index contributed by atoms with van der Waals surface area (Å²) in [5, 5.41) is 10.5. The first kappa shape index (κ1) is 20.7. The van der Waals surface area contributed by atoms with Gasteiger partial charge in [0.1, 0.15) is 5.78 Å². The average molecular weight is 428 g/mol. The number of hydrogen-bond donors (Lipinski definition) is 1. The van der Waals surface area contributed by atoms with Gasteiger partial charge in [0.25, 0.3) is 0 Å². The van der Waals surface area contributed by atoms with Crippen LogP contribution in [0.5, 0.6) is 0 Å². The van der Waals surface area contributed by atoms with Gasteiger partial charge in [0.15, 0.2) is 15.7 Å². The van der Waals surface area contributed by atoms with Gasteiger partial charge in [0, 0.05) is 12.8 Å². The van der Waals surface area contributed by atoms with Crippen molar-refractivity contribution in [2.45, 2.75) is 61.5 Å². The lowest BCUT2D eigenvalue weighted by atomic mass is 9.87. The van der Waals surface area contributed by atoms with Crippen molar-refractivity contribution in [1.29, 1.82) is 0 Å². The highest BCUT2D eigenvalue weighted by Crippen LogP contribution is 2.36. The maximum absolute atomic E-state index is 13.1. The van der Waals surface area contributed by atoms with Gasteiger partial charge in [0.2, 0.25) is 5.91 Å². The summed E-state index contributed by atoms with van der Waals surface area (Å²) in [6, 6.07) is 10.1. The molecule has 0 bridgehead atoms. The summed E-state index contributed by atoms with van der Waals surface area (Å²) in [6.07, 6.45) is 3.78. The second-order valence-electron chi connectivity index (χ2n) is 8.30. The van der Waals surface area contributed by atoms with Crippen LogP contribution in [-0.2, 0) is 19.4 Å². The first-order chi connectivity index (χ1) is 14.3. The van der Waals surface area contributed by atoms with E-state index in [4.69, 9.17) is 0 Å². The van der Waals surface area contributed by atoms with Crippen molar-refractivity contribution in [3.63, 3.8) is 0 Å². The normalized spacial score (nSPS) is 20.2. The molecule has 1 heterocycles.